The molecule has 0 spiro atoms. The van der Waals surface area contributed by atoms with Gasteiger partial charge in [-0.05, 0) is 35.9 Å². The van der Waals surface area contributed by atoms with Gasteiger partial charge in [-0.1, -0.05) is 18.2 Å². The summed E-state index contributed by atoms with van der Waals surface area (Å²) >= 11 is 0. The fraction of sp³-hybridized carbons (Fsp3) is 0.227. The van der Waals surface area contributed by atoms with Crippen molar-refractivity contribution < 1.29 is 4.74 Å². The van der Waals surface area contributed by atoms with Crippen LogP contribution in [0.5, 0.6) is 0 Å². The second kappa shape index (κ2) is 7.50. The van der Waals surface area contributed by atoms with Crippen LogP contribution in [0, 0.1) is 0 Å². The van der Waals surface area contributed by atoms with E-state index in [-0.39, 0.29) is 6.10 Å². The standard InChI is InChI=1S/C22H21N5O/c1-3-17(18-4-2-9-23-20(18)5-1)14-27-11-12-28-22(15-27)21-7-6-16(13-24-21)19-8-10-25-26-19/h1-10,13,22H,11-12,14-15H2,(H,25,26)/t22-/m0/s1. The highest BCUT2D eigenvalue weighted by Crippen LogP contribution is 2.25. The minimum absolute atomic E-state index is 0.0160. The molecule has 28 heavy (non-hydrogen) atoms. The van der Waals surface area contributed by atoms with Gasteiger partial charge < -0.3 is 4.74 Å². The summed E-state index contributed by atoms with van der Waals surface area (Å²) in [5.74, 6) is 0. The Hall–Kier alpha value is -3.09. The van der Waals surface area contributed by atoms with E-state index in [2.05, 4.69) is 55.4 Å². The molecule has 5 rings (SSSR count). The molecule has 0 bridgehead atoms. The molecule has 1 aromatic carbocycles. The number of ether oxygens (including phenoxy) is 1. The van der Waals surface area contributed by atoms with Gasteiger partial charge in [0.25, 0.3) is 0 Å². The lowest BCUT2D eigenvalue weighted by molar-refractivity contribution is -0.0348. The molecule has 1 N–H and O–H groups in total. The van der Waals surface area contributed by atoms with Crippen molar-refractivity contribution in [3.05, 3.63) is 78.4 Å². The Morgan fingerprint density at radius 3 is 2.89 bits per heavy atom. The van der Waals surface area contributed by atoms with Gasteiger partial charge in [0.2, 0.25) is 0 Å². The third kappa shape index (κ3) is 3.40. The highest BCUT2D eigenvalue weighted by molar-refractivity contribution is 5.81. The Labute approximate surface area is 163 Å². The SMILES string of the molecule is c1cc(CN2CCO[C@H](c3ccc(-c4ccn[nH]4)cn3)C2)c2cccnc2c1. The number of benzene rings is 1. The van der Waals surface area contributed by atoms with Crippen LogP contribution in [0.25, 0.3) is 22.2 Å². The van der Waals surface area contributed by atoms with Gasteiger partial charge in [-0.25, -0.2) is 0 Å². The molecule has 0 aliphatic carbocycles. The average Bonchev–Trinajstić information content (AvgIpc) is 3.29. The molecule has 1 saturated heterocycles. The first-order valence-electron chi connectivity index (χ1n) is 9.49. The molecule has 4 heterocycles. The van der Waals surface area contributed by atoms with Crippen molar-refractivity contribution in [1.29, 1.82) is 0 Å². The van der Waals surface area contributed by atoms with Crippen LogP contribution in [0.15, 0.2) is 67.1 Å². The maximum Gasteiger partial charge on any atom is 0.112 e. The van der Waals surface area contributed by atoms with Crippen LogP contribution >= 0.6 is 0 Å². The topological polar surface area (TPSA) is 66.9 Å². The van der Waals surface area contributed by atoms with E-state index >= 15 is 0 Å². The van der Waals surface area contributed by atoms with Crippen LogP contribution < -0.4 is 0 Å². The van der Waals surface area contributed by atoms with Crippen molar-refractivity contribution in [3.8, 4) is 11.3 Å². The summed E-state index contributed by atoms with van der Waals surface area (Å²) in [6.45, 7) is 3.33. The van der Waals surface area contributed by atoms with E-state index in [1.807, 2.05) is 30.6 Å². The van der Waals surface area contributed by atoms with Crippen molar-refractivity contribution >= 4 is 10.9 Å². The summed E-state index contributed by atoms with van der Waals surface area (Å²) in [5, 5.41) is 8.18. The lowest BCUT2D eigenvalue weighted by atomic mass is 10.1. The maximum absolute atomic E-state index is 6.01. The summed E-state index contributed by atoms with van der Waals surface area (Å²) in [6.07, 6.45) is 5.45. The molecule has 0 amide bonds. The normalized spacial score (nSPS) is 17.8. The molecule has 1 atom stereocenters. The highest BCUT2D eigenvalue weighted by Gasteiger charge is 2.23. The number of aromatic nitrogens is 4. The Morgan fingerprint density at radius 1 is 1.04 bits per heavy atom. The van der Waals surface area contributed by atoms with Gasteiger partial charge in [-0.3, -0.25) is 20.0 Å². The Morgan fingerprint density at radius 2 is 2.04 bits per heavy atom. The maximum atomic E-state index is 6.01. The van der Waals surface area contributed by atoms with Crippen LogP contribution in [0.3, 0.4) is 0 Å². The lowest BCUT2D eigenvalue weighted by Crippen LogP contribution is -2.38. The summed E-state index contributed by atoms with van der Waals surface area (Å²) in [4.78, 5) is 11.5. The Balaban J connectivity index is 1.32. The van der Waals surface area contributed by atoms with Crippen LogP contribution in [0.2, 0.25) is 0 Å². The summed E-state index contributed by atoms with van der Waals surface area (Å²) in [6, 6.07) is 16.5. The summed E-state index contributed by atoms with van der Waals surface area (Å²) in [5.41, 5.74) is 5.30. The number of rotatable bonds is 4. The molecule has 4 aromatic rings. The van der Waals surface area contributed by atoms with E-state index in [0.717, 1.165) is 42.1 Å². The van der Waals surface area contributed by atoms with Crippen LogP contribution in [-0.4, -0.2) is 44.8 Å². The minimum atomic E-state index is -0.0160. The minimum Gasteiger partial charge on any atom is -0.369 e. The molecule has 0 saturated carbocycles. The molecule has 0 unspecified atom stereocenters. The molecule has 0 radical (unpaired) electrons. The van der Waals surface area contributed by atoms with Crippen LogP contribution in [0.4, 0.5) is 0 Å². The molecule has 1 aliphatic rings. The van der Waals surface area contributed by atoms with Crippen molar-refractivity contribution in [2.75, 3.05) is 19.7 Å². The fourth-order valence-electron chi connectivity index (χ4n) is 3.74. The van der Waals surface area contributed by atoms with Gasteiger partial charge in [0, 0.05) is 49.2 Å². The van der Waals surface area contributed by atoms with Crippen molar-refractivity contribution in [2.24, 2.45) is 0 Å². The molecule has 140 valence electrons. The van der Waals surface area contributed by atoms with E-state index in [9.17, 15) is 0 Å². The van der Waals surface area contributed by atoms with E-state index in [0.29, 0.717) is 6.61 Å². The number of nitrogens with one attached hydrogen (secondary N) is 1. The third-order valence-corrected chi connectivity index (χ3v) is 5.21. The first kappa shape index (κ1) is 17.0. The highest BCUT2D eigenvalue weighted by atomic mass is 16.5. The van der Waals surface area contributed by atoms with Gasteiger partial charge in [0.05, 0.1) is 23.5 Å². The van der Waals surface area contributed by atoms with E-state index < -0.39 is 0 Å². The Bertz CT molecular complexity index is 1060. The van der Waals surface area contributed by atoms with Gasteiger partial charge in [0.15, 0.2) is 0 Å². The van der Waals surface area contributed by atoms with E-state index in [4.69, 9.17) is 4.74 Å². The molecule has 1 aliphatic heterocycles. The number of aromatic amines is 1. The lowest BCUT2D eigenvalue weighted by Gasteiger charge is -2.33. The first-order chi connectivity index (χ1) is 13.9. The van der Waals surface area contributed by atoms with Gasteiger partial charge in [-0.15, -0.1) is 0 Å². The Kier molecular flexibility index (Phi) is 4.56. The quantitative estimate of drug-likeness (QED) is 0.594. The fourth-order valence-corrected chi connectivity index (χ4v) is 3.74. The van der Waals surface area contributed by atoms with Crippen LogP contribution in [0.1, 0.15) is 17.4 Å². The predicted molar refractivity (Wildman–Crippen MR) is 108 cm³/mol. The number of morpholine rings is 1. The summed E-state index contributed by atoms with van der Waals surface area (Å²) < 4.78 is 6.01. The molecular weight excluding hydrogens is 350 g/mol. The molecule has 1 fully saturated rings. The number of H-pyrrole nitrogens is 1. The smallest absolute Gasteiger partial charge is 0.112 e. The van der Waals surface area contributed by atoms with Gasteiger partial charge in [0.1, 0.15) is 6.10 Å². The molecule has 3 aromatic heterocycles. The average molecular weight is 371 g/mol. The zero-order valence-corrected chi connectivity index (χ0v) is 15.5. The zero-order chi connectivity index (χ0) is 18.8. The van der Waals surface area contributed by atoms with Crippen molar-refractivity contribution in [3.63, 3.8) is 0 Å². The van der Waals surface area contributed by atoms with Crippen LogP contribution in [-0.2, 0) is 11.3 Å². The number of hydrogen-bond donors (Lipinski definition) is 1. The third-order valence-electron chi connectivity index (χ3n) is 5.21. The van der Waals surface area contributed by atoms with Crippen molar-refractivity contribution in [2.45, 2.75) is 12.6 Å². The van der Waals surface area contributed by atoms with Crippen molar-refractivity contribution in [1.82, 2.24) is 25.1 Å². The first-order valence-corrected chi connectivity index (χ1v) is 9.49. The molecule has 6 nitrogen and oxygen atoms in total. The molecule has 6 heteroatoms. The second-order valence-corrected chi connectivity index (χ2v) is 7.02. The van der Waals surface area contributed by atoms with Gasteiger partial charge in [-0.2, -0.15) is 5.10 Å². The number of fused-ring (bicyclic) bond motifs is 1. The number of pyridine rings is 2. The largest absolute Gasteiger partial charge is 0.369 e. The van der Waals surface area contributed by atoms with E-state index in [1.165, 1.54) is 10.9 Å². The van der Waals surface area contributed by atoms with E-state index in [1.54, 1.807) is 6.20 Å². The second-order valence-electron chi connectivity index (χ2n) is 7.02. The summed E-state index contributed by atoms with van der Waals surface area (Å²) in [7, 11) is 0. The monoisotopic (exact) mass is 371 g/mol. The van der Waals surface area contributed by atoms with Gasteiger partial charge >= 0.3 is 0 Å². The number of nitrogens with zero attached hydrogens (tertiary/aromatic N) is 4. The number of hydrogen-bond acceptors (Lipinski definition) is 5. The molecular formula is C22H21N5O. The zero-order valence-electron chi connectivity index (χ0n) is 15.5. The predicted octanol–water partition coefficient (Wildman–Crippen LogP) is 3.59.